The molecule has 1 atom stereocenters. The van der Waals surface area contributed by atoms with Crippen molar-refractivity contribution in [2.75, 3.05) is 19.3 Å². The van der Waals surface area contributed by atoms with Crippen molar-refractivity contribution in [3.8, 4) is 5.75 Å². The van der Waals surface area contributed by atoms with E-state index < -0.39 is 15.6 Å². The standard InChI is InChI=1S/C19H32N4O3S/c1-7-20-17(21-13-18(2,3)23-27(6,24)25)22-15-12-19(4,5)26-16-11-9-8-10-14(15)16/h8-11,15,23H,7,12-13H2,1-6H3,(H2,20,21,22). The molecule has 1 aromatic rings. The van der Waals surface area contributed by atoms with E-state index >= 15 is 0 Å². The monoisotopic (exact) mass is 396 g/mol. The van der Waals surface area contributed by atoms with Crippen molar-refractivity contribution < 1.29 is 13.2 Å². The minimum atomic E-state index is -3.30. The molecule has 1 aromatic carbocycles. The van der Waals surface area contributed by atoms with Gasteiger partial charge in [0.25, 0.3) is 0 Å². The molecule has 0 aliphatic carbocycles. The first-order valence-corrected chi connectivity index (χ1v) is 11.1. The highest BCUT2D eigenvalue weighted by atomic mass is 32.2. The lowest BCUT2D eigenvalue weighted by Gasteiger charge is -2.38. The zero-order chi connectivity index (χ0) is 20.3. The molecule has 0 fully saturated rings. The van der Waals surface area contributed by atoms with Crippen molar-refractivity contribution in [2.45, 2.75) is 58.2 Å². The lowest BCUT2D eigenvalue weighted by molar-refractivity contribution is 0.0694. The topological polar surface area (TPSA) is 91.8 Å². The number of guanidine groups is 1. The maximum atomic E-state index is 11.5. The summed E-state index contributed by atoms with van der Waals surface area (Å²) in [6.45, 7) is 10.8. The second-order valence-corrected chi connectivity index (χ2v) is 10.0. The molecular formula is C19H32N4O3S. The number of fused-ring (bicyclic) bond motifs is 1. The smallest absolute Gasteiger partial charge is 0.209 e. The maximum Gasteiger partial charge on any atom is 0.209 e. The predicted molar refractivity (Wildman–Crippen MR) is 110 cm³/mol. The normalized spacial score (nSPS) is 19.8. The van der Waals surface area contributed by atoms with Gasteiger partial charge in [-0.15, -0.1) is 0 Å². The first-order chi connectivity index (χ1) is 12.4. The van der Waals surface area contributed by atoms with Gasteiger partial charge in [0.05, 0.1) is 18.8 Å². The lowest BCUT2D eigenvalue weighted by Crippen LogP contribution is -2.48. The minimum Gasteiger partial charge on any atom is -0.487 e. The number of rotatable bonds is 6. The molecule has 0 spiro atoms. The van der Waals surface area contributed by atoms with E-state index in [2.05, 4.69) is 40.3 Å². The fourth-order valence-electron chi connectivity index (χ4n) is 3.23. The Morgan fingerprint density at radius 2 is 2.00 bits per heavy atom. The number of sulfonamides is 1. The molecule has 1 unspecified atom stereocenters. The first kappa shape index (κ1) is 21.5. The van der Waals surface area contributed by atoms with Crippen LogP contribution in [0.15, 0.2) is 29.3 Å². The van der Waals surface area contributed by atoms with E-state index in [0.29, 0.717) is 19.0 Å². The highest BCUT2D eigenvalue weighted by Crippen LogP contribution is 2.39. The summed E-state index contributed by atoms with van der Waals surface area (Å²) in [6.07, 6.45) is 1.95. The van der Waals surface area contributed by atoms with Gasteiger partial charge in [-0.2, -0.15) is 0 Å². The van der Waals surface area contributed by atoms with Crippen molar-refractivity contribution in [1.82, 2.24) is 15.4 Å². The van der Waals surface area contributed by atoms with Gasteiger partial charge in [0.2, 0.25) is 10.0 Å². The van der Waals surface area contributed by atoms with Crippen molar-refractivity contribution in [1.29, 1.82) is 0 Å². The van der Waals surface area contributed by atoms with E-state index in [1.807, 2.05) is 39.0 Å². The zero-order valence-corrected chi connectivity index (χ0v) is 17.9. The molecule has 0 aromatic heterocycles. The number of nitrogens with zero attached hydrogens (tertiary/aromatic N) is 1. The summed E-state index contributed by atoms with van der Waals surface area (Å²) in [4.78, 5) is 4.61. The van der Waals surface area contributed by atoms with Gasteiger partial charge in [0.15, 0.2) is 5.96 Å². The minimum absolute atomic E-state index is 0.0497. The SMILES string of the molecule is CCNC(=NCC(C)(C)NS(C)(=O)=O)NC1CC(C)(C)Oc2ccccc21. The largest absolute Gasteiger partial charge is 0.487 e. The molecule has 0 saturated carbocycles. The summed E-state index contributed by atoms with van der Waals surface area (Å²) >= 11 is 0. The van der Waals surface area contributed by atoms with Crippen LogP contribution in [0.4, 0.5) is 0 Å². The van der Waals surface area contributed by atoms with Crippen LogP contribution in [0.1, 0.15) is 52.6 Å². The van der Waals surface area contributed by atoms with E-state index in [-0.39, 0.29) is 11.6 Å². The van der Waals surface area contributed by atoms with E-state index in [9.17, 15) is 8.42 Å². The molecule has 0 bridgehead atoms. The van der Waals surface area contributed by atoms with Crippen molar-refractivity contribution in [3.05, 3.63) is 29.8 Å². The molecule has 0 saturated heterocycles. The van der Waals surface area contributed by atoms with Crippen LogP contribution in [0.2, 0.25) is 0 Å². The Bertz CT molecular complexity index is 788. The van der Waals surface area contributed by atoms with Crippen molar-refractivity contribution in [2.24, 2.45) is 4.99 Å². The van der Waals surface area contributed by atoms with Gasteiger partial charge in [0.1, 0.15) is 11.4 Å². The Balaban J connectivity index is 2.20. The summed E-state index contributed by atoms with van der Waals surface area (Å²) in [5, 5.41) is 6.73. The average Bonchev–Trinajstić information content (AvgIpc) is 2.49. The summed E-state index contributed by atoms with van der Waals surface area (Å²) in [5.41, 5.74) is 0.124. The molecule has 1 heterocycles. The van der Waals surface area contributed by atoms with Crippen LogP contribution in [0.25, 0.3) is 0 Å². The average molecular weight is 397 g/mol. The molecule has 1 aliphatic rings. The third kappa shape index (κ3) is 6.70. The lowest BCUT2D eigenvalue weighted by atomic mass is 9.90. The van der Waals surface area contributed by atoms with Crippen LogP contribution in [0, 0.1) is 0 Å². The third-order valence-corrected chi connectivity index (χ3v) is 5.05. The molecule has 0 radical (unpaired) electrons. The Hall–Kier alpha value is -1.80. The number of aliphatic imine (C=N–C) groups is 1. The fourth-order valence-corrected chi connectivity index (χ4v) is 4.30. The summed E-state index contributed by atoms with van der Waals surface area (Å²) < 4.78 is 31.8. The Morgan fingerprint density at radius 1 is 1.33 bits per heavy atom. The van der Waals surface area contributed by atoms with Gasteiger partial charge in [-0.25, -0.2) is 13.1 Å². The molecular weight excluding hydrogens is 364 g/mol. The van der Waals surface area contributed by atoms with Crippen LogP contribution < -0.4 is 20.1 Å². The number of ether oxygens (including phenoxy) is 1. The number of nitrogens with one attached hydrogen (secondary N) is 3. The summed E-state index contributed by atoms with van der Waals surface area (Å²) in [6, 6.07) is 8.05. The molecule has 3 N–H and O–H groups in total. The molecule has 152 valence electrons. The van der Waals surface area contributed by atoms with E-state index in [1.165, 1.54) is 0 Å². The number of hydrogen-bond donors (Lipinski definition) is 3. The van der Waals surface area contributed by atoms with Crippen LogP contribution in [0.3, 0.4) is 0 Å². The van der Waals surface area contributed by atoms with Crippen LogP contribution in [-0.2, 0) is 10.0 Å². The highest BCUT2D eigenvalue weighted by Gasteiger charge is 2.34. The summed E-state index contributed by atoms with van der Waals surface area (Å²) in [5.74, 6) is 1.53. The molecule has 1 aliphatic heterocycles. The van der Waals surface area contributed by atoms with Crippen molar-refractivity contribution >= 4 is 16.0 Å². The number of hydrogen-bond acceptors (Lipinski definition) is 4. The quantitative estimate of drug-likeness (QED) is 0.506. The predicted octanol–water partition coefficient (Wildman–Crippen LogP) is 2.17. The molecule has 7 nitrogen and oxygen atoms in total. The molecule has 8 heteroatoms. The molecule has 27 heavy (non-hydrogen) atoms. The number of benzene rings is 1. The van der Waals surface area contributed by atoms with Crippen molar-refractivity contribution in [3.63, 3.8) is 0 Å². The zero-order valence-electron chi connectivity index (χ0n) is 17.1. The molecule has 2 rings (SSSR count). The highest BCUT2D eigenvalue weighted by molar-refractivity contribution is 7.88. The Labute approximate surface area is 163 Å². The van der Waals surface area contributed by atoms with Gasteiger partial charge in [-0.3, -0.25) is 4.99 Å². The fraction of sp³-hybridized carbons (Fsp3) is 0.632. The summed E-state index contributed by atoms with van der Waals surface area (Å²) in [7, 11) is -3.30. The van der Waals surface area contributed by atoms with E-state index in [4.69, 9.17) is 4.74 Å². The second-order valence-electron chi connectivity index (χ2n) is 8.25. The van der Waals surface area contributed by atoms with E-state index in [0.717, 1.165) is 24.0 Å². The third-order valence-electron chi connectivity index (χ3n) is 4.13. The molecule has 0 amide bonds. The first-order valence-electron chi connectivity index (χ1n) is 9.22. The Morgan fingerprint density at radius 3 is 2.63 bits per heavy atom. The van der Waals surface area contributed by atoms with Crippen LogP contribution >= 0.6 is 0 Å². The maximum absolute atomic E-state index is 11.5. The van der Waals surface area contributed by atoms with Gasteiger partial charge in [-0.1, -0.05) is 18.2 Å². The van der Waals surface area contributed by atoms with Gasteiger partial charge in [0, 0.05) is 24.1 Å². The number of para-hydroxylation sites is 1. The van der Waals surface area contributed by atoms with Gasteiger partial charge in [-0.05, 0) is 40.7 Å². The van der Waals surface area contributed by atoms with Crippen LogP contribution in [-0.4, -0.2) is 44.9 Å². The van der Waals surface area contributed by atoms with E-state index in [1.54, 1.807) is 0 Å². The van der Waals surface area contributed by atoms with Crippen LogP contribution in [0.5, 0.6) is 5.75 Å². The Kier molecular flexibility index (Phi) is 6.42. The second kappa shape index (κ2) is 8.06. The van der Waals surface area contributed by atoms with Gasteiger partial charge >= 0.3 is 0 Å². The van der Waals surface area contributed by atoms with Gasteiger partial charge < -0.3 is 15.4 Å².